The molecule has 0 saturated carbocycles. The number of ether oxygens (including phenoxy) is 1. The van der Waals surface area contributed by atoms with Gasteiger partial charge in [-0.3, -0.25) is 4.79 Å². The van der Waals surface area contributed by atoms with E-state index in [2.05, 4.69) is 10.6 Å². The van der Waals surface area contributed by atoms with Crippen LogP contribution in [0.25, 0.3) is 0 Å². The number of carbonyl (C=O) groups excluding carboxylic acids is 1. The first kappa shape index (κ1) is 12.1. The first-order chi connectivity index (χ1) is 8.27. The van der Waals surface area contributed by atoms with Crippen LogP contribution < -0.4 is 10.6 Å². The molecular weight excluding hydrogens is 216 g/mol. The summed E-state index contributed by atoms with van der Waals surface area (Å²) in [4.78, 5) is 11.9. The topological polar surface area (TPSA) is 50.4 Å². The molecule has 1 aliphatic rings. The van der Waals surface area contributed by atoms with Gasteiger partial charge in [0.25, 0.3) is 5.91 Å². The quantitative estimate of drug-likeness (QED) is 0.813. The molecule has 0 spiro atoms. The molecule has 17 heavy (non-hydrogen) atoms. The maximum atomic E-state index is 11.9. The zero-order chi connectivity index (χ0) is 12.1. The lowest BCUT2D eigenvalue weighted by molar-refractivity contribution is 0.00860. The van der Waals surface area contributed by atoms with Crippen molar-refractivity contribution in [2.75, 3.05) is 19.7 Å². The van der Waals surface area contributed by atoms with Gasteiger partial charge in [-0.1, -0.05) is 18.2 Å². The van der Waals surface area contributed by atoms with Gasteiger partial charge in [0.1, 0.15) is 0 Å². The summed E-state index contributed by atoms with van der Waals surface area (Å²) in [6.45, 7) is 4.35. The molecule has 0 aliphatic carbocycles. The summed E-state index contributed by atoms with van der Waals surface area (Å²) in [6, 6.07) is 9.24. The molecule has 0 radical (unpaired) electrons. The molecule has 2 unspecified atom stereocenters. The third kappa shape index (κ3) is 3.28. The van der Waals surface area contributed by atoms with Crippen LogP contribution in [0.15, 0.2) is 30.3 Å². The van der Waals surface area contributed by atoms with E-state index in [4.69, 9.17) is 4.74 Å². The first-order valence-electron chi connectivity index (χ1n) is 5.95. The minimum absolute atomic E-state index is 0.00973. The lowest BCUT2D eigenvalue weighted by Gasteiger charge is -2.29. The van der Waals surface area contributed by atoms with Gasteiger partial charge in [0.15, 0.2) is 0 Å². The molecule has 1 aliphatic heterocycles. The van der Waals surface area contributed by atoms with Crippen LogP contribution in [0, 0.1) is 0 Å². The predicted molar refractivity (Wildman–Crippen MR) is 66.0 cm³/mol. The van der Waals surface area contributed by atoms with Crippen molar-refractivity contribution in [3.8, 4) is 0 Å². The highest BCUT2D eigenvalue weighted by molar-refractivity contribution is 5.94. The minimum Gasteiger partial charge on any atom is -0.373 e. The maximum absolute atomic E-state index is 11.9. The highest BCUT2D eigenvalue weighted by Crippen LogP contribution is 2.04. The summed E-state index contributed by atoms with van der Waals surface area (Å²) in [7, 11) is 0. The Balaban J connectivity index is 1.89. The molecule has 1 aromatic rings. The lowest BCUT2D eigenvalue weighted by Crippen LogP contribution is -2.50. The molecule has 0 aromatic heterocycles. The second-order valence-corrected chi connectivity index (χ2v) is 4.24. The Morgan fingerprint density at radius 1 is 1.47 bits per heavy atom. The average molecular weight is 234 g/mol. The van der Waals surface area contributed by atoms with E-state index in [0.717, 1.165) is 13.1 Å². The Morgan fingerprint density at radius 3 is 2.88 bits per heavy atom. The number of hydrogen-bond acceptors (Lipinski definition) is 3. The third-order valence-electron chi connectivity index (χ3n) is 2.91. The standard InChI is InChI=1S/C13H18N2O2/c1-10(12-9-14-7-8-17-12)15-13(16)11-5-3-2-4-6-11/h2-6,10,12,14H,7-9H2,1H3,(H,15,16). The molecule has 2 atom stereocenters. The molecule has 1 aromatic carbocycles. The predicted octanol–water partition coefficient (Wildman–Crippen LogP) is 0.793. The second kappa shape index (κ2) is 5.80. The minimum atomic E-state index is -0.0488. The number of carbonyl (C=O) groups is 1. The van der Waals surface area contributed by atoms with Crippen molar-refractivity contribution in [1.29, 1.82) is 0 Å². The largest absolute Gasteiger partial charge is 0.373 e. The molecule has 92 valence electrons. The van der Waals surface area contributed by atoms with E-state index in [1.807, 2.05) is 37.3 Å². The Kier molecular flexibility index (Phi) is 4.12. The van der Waals surface area contributed by atoms with E-state index >= 15 is 0 Å². The number of nitrogens with one attached hydrogen (secondary N) is 2. The Labute approximate surface area is 101 Å². The Morgan fingerprint density at radius 2 is 2.24 bits per heavy atom. The zero-order valence-electron chi connectivity index (χ0n) is 9.98. The Bertz CT molecular complexity index is 361. The molecule has 1 saturated heterocycles. The fourth-order valence-electron chi connectivity index (χ4n) is 1.88. The number of rotatable bonds is 3. The van der Waals surface area contributed by atoms with Crippen LogP contribution in [0.2, 0.25) is 0 Å². The van der Waals surface area contributed by atoms with Gasteiger partial charge in [-0.05, 0) is 19.1 Å². The van der Waals surface area contributed by atoms with Crippen molar-refractivity contribution >= 4 is 5.91 Å². The van der Waals surface area contributed by atoms with E-state index in [0.29, 0.717) is 12.2 Å². The monoisotopic (exact) mass is 234 g/mol. The Hall–Kier alpha value is -1.39. The van der Waals surface area contributed by atoms with E-state index in [1.165, 1.54) is 0 Å². The van der Waals surface area contributed by atoms with Crippen molar-refractivity contribution in [2.45, 2.75) is 19.1 Å². The van der Waals surface area contributed by atoms with Gasteiger partial charge in [-0.15, -0.1) is 0 Å². The average Bonchev–Trinajstić information content (AvgIpc) is 2.40. The van der Waals surface area contributed by atoms with E-state index in [-0.39, 0.29) is 18.1 Å². The molecule has 1 amide bonds. The fourth-order valence-corrected chi connectivity index (χ4v) is 1.88. The van der Waals surface area contributed by atoms with Gasteiger partial charge in [-0.25, -0.2) is 0 Å². The van der Waals surface area contributed by atoms with Gasteiger partial charge in [0.05, 0.1) is 18.8 Å². The van der Waals surface area contributed by atoms with Crippen molar-refractivity contribution in [3.05, 3.63) is 35.9 Å². The molecule has 4 heteroatoms. The molecule has 1 heterocycles. The summed E-state index contributed by atoms with van der Waals surface area (Å²) >= 11 is 0. The summed E-state index contributed by atoms with van der Waals surface area (Å²) in [5, 5.41) is 6.21. The second-order valence-electron chi connectivity index (χ2n) is 4.24. The number of amides is 1. The molecule has 4 nitrogen and oxygen atoms in total. The summed E-state index contributed by atoms with van der Waals surface area (Å²) < 4.78 is 5.60. The van der Waals surface area contributed by atoms with Crippen molar-refractivity contribution < 1.29 is 9.53 Å². The fraction of sp³-hybridized carbons (Fsp3) is 0.462. The molecule has 0 bridgehead atoms. The maximum Gasteiger partial charge on any atom is 0.251 e. The number of morpholine rings is 1. The smallest absolute Gasteiger partial charge is 0.251 e. The van der Waals surface area contributed by atoms with Crippen molar-refractivity contribution in [2.24, 2.45) is 0 Å². The highest BCUT2D eigenvalue weighted by Gasteiger charge is 2.22. The van der Waals surface area contributed by atoms with Gasteiger partial charge in [0, 0.05) is 18.7 Å². The first-order valence-corrected chi connectivity index (χ1v) is 5.95. The van der Waals surface area contributed by atoms with Gasteiger partial charge >= 0.3 is 0 Å². The van der Waals surface area contributed by atoms with Gasteiger partial charge in [-0.2, -0.15) is 0 Å². The van der Waals surface area contributed by atoms with Crippen LogP contribution in [0.3, 0.4) is 0 Å². The number of benzene rings is 1. The third-order valence-corrected chi connectivity index (χ3v) is 2.91. The van der Waals surface area contributed by atoms with Crippen LogP contribution in [0.1, 0.15) is 17.3 Å². The zero-order valence-corrected chi connectivity index (χ0v) is 9.98. The van der Waals surface area contributed by atoms with Crippen LogP contribution in [-0.2, 0) is 4.74 Å². The van der Waals surface area contributed by atoms with Gasteiger partial charge in [0.2, 0.25) is 0 Å². The summed E-state index contributed by atoms with van der Waals surface area (Å²) in [6.07, 6.45) is 0.0522. The van der Waals surface area contributed by atoms with Crippen LogP contribution in [0.5, 0.6) is 0 Å². The molecule has 1 fully saturated rings. The van der Waals surface area contributed by atoms with Crippen LogP contribution in [-0.4, -0.2) is 37.7 Å². The summed E-state index contributed by atoms with van der Waals surface area (Å²) in [5.41, 5.74) is 0.683. The SMILES string of the molecule is CC(NC(=O)c1ccccc1)C1CNCCO1. The normalized spacial score (nSPS) is 21.8. The lowest BCUT2D eigenvalue weighted by atomic mass is 10.1. The van der Waals surface area contributed by atoms with Crippen LogP contribution >= 0.6 is 0 Å². The summed E-state index contributed by atoms with van der Waals surface area (Å²) in [5.74, 6) is -0.0488. The van der Waals surface area contributed by atoms with Crippen molar-refractivity contribution in [1.82, 2.24) is 10.6 Å². The molecule has 2 N–H and O–H groups in total. The van der Waals surface area contributed by atoms with Crippen molar-refractivity contribution in [3.63, 3.8) is 0 Å². The van der Waals surface area contributed by atoms with E-state index < -0.39 is 0 Å². The molecular formula is C13H18N2O2. The van der Waals surface area contributed by atoms with Gasteiger partial charge < -0.3 is 15.4 Å². The highest BCUT2D eigenvalue weighted by atomic mass is 16.5. The van der Waals surface area contributed by atoms with E-state index in [1.54, 1.807) is 0 Å². The number of hydrogen-bond donors (Lipinski definition) is 2. The van der Waals surface area contributed by atoms with E-state index in [9.17, 15) is 4.79 Å². The molecule has 2 rings (SSSR count). The van der Waals surface area contributed by atoms with Crippen LogP contribution in [0.4, 0.5) is 0 Å².